The summed E-state index contributed by atoms with van der Waals surface area (Å²) in [4.78, 5) is 0. The Balaban J connectivity index is 1.11. The van der Waals surface area contributed by atoms with E-state index in [2.05, 4.69) is 299 Å². The molecule has 66 heavy (non-hydrogen) atoms. The van der Waals surface area contributed by atoms with Crippen molar-refractivity contribution in [2.45, 2.75) is 10.8 Å². The molecule has 0 N–H and O–H groups in total. The van der Waals surface area contributed by atoms with Gasteiger partial charge in [-0.3, -0.25) is 0 Å². The summed E-state index contributed by atoms with van der Waals surface area (Å²) in [5, 5.41) is 4.78. The minimum absolute atomic E-state index is 0.530. The van der Waals surface area contributed by atoms with Gasteiger partial charge in [0, 0.05) is 8.95 Å². The second kappa shape index (κ2) is 17.7. The topological polar surface area (TPSA) is 0 Å². The van der Waals surface area contributed by atoms with Crippen LogP contribution in [0.1, 0.15) is 44.5 Å². The summed E-state index contributed by atoms with van der Waals surface area (Å²) in [5.74, 6) is 0. The second-order valence-corrected chi connectivity index (χ2v) is 18.8. The maximum absolute atomic E-state index is 3.90. The lowest BCUT2D eigenvalue weighted by Crippen LogP contribution is -2.30. The predicted octanol–water partition coefficient (Wildman–Crippen LogP) is 17.6. The average Bonchev–Trinajstić information content (AvgIpc) is 3.39. The Morgan fingerprint density at radius 3 is 0.697 bits per heavy atom. The zero-order chi connectivity index (χ0) is 44.5. The molecule has 0 spiro atoms. The number of rotatable bonds is 10. The molecule has 0 saturated heterocycles. The van der Waals surface area contributed by atoms with Crippen molar-refractivity contribution in [3.63, 3.8) is 0 Å². The number of halogens is 2. The van der Waals surface area contributed by atoms with Crippen molar-refractivity contribution in [2.24, 2.45) is 0 Å². The van der Waals surface area contributed by atoms with Gasteiger partial charge in [-0.1, -0.05) is 275 Å². The molecular formula is C64H44Br2. The van der Waals surface area contributed by atoms with Gasteiger partial charge in [0.25, 0.3) is 0 Å². The summed E-state index contributed by atoms with van der Waals surface area (Å²) in [7, 11) is 0. The summed E-state index contributed by atoms with van der Waals surface area (Å²) in [5.41, 5.74) is 13.5. The van der Waals surface area contributed by atoms with Crippen molar-refractivity contribution >= 4 is 53.4 Å². The van der Waals surface area contributed by atoms with Crippen LogP contribution < -0.4 is 0 Å². The van der Waals surface area contributed by atoms with Crippen molar-refractivity contribution in [2.75, 3.05) is 0 Å². The molecular weight excluding hydrogens is 929 g/mol. The quantitative estimate of drug-likeness (QED) is 0.0946. The highest BCUT2D eigenvalue weighted by Crippen LogP contribution is 2.50. The molecule has 0 aliphatic heterocycles. The van der Waals surface area contributed by atoms with E-state index >= 15 is 0 Å². The van der Waals surface area contributed by atoms with Crippen LogP contribution >= 0.6 is 31.9 Å². The van der Waals surface area contributed by atoms with E-state index in [1.54, 1.807) is 0 Å². The summed E-state index contributed by atoms with van der Waals surface area (Å²) in [6.07, 6.45) is 0. The first-order valence-corrected chi connectivity index (χ1v) is 24.0. The lowest BCUT2D eigenvalue weighted by atomic mass is 9.65. The molecule has 0 heterocycles. The fraction of sp³-hybridized carbons (Fsp3) is 0.0312. The molecule has 0 aliphatic rings. The fourth-order valence-electron chi connectivity index (χ4n) is 10.7. The number of fused-ring (bicyclic) bond motifs is 2. The van der Waals surface area contributed by atoms with Crippen molar-refractivity contribution in [3.8, 4) is 22.3 Å². The van der Waals surface area contributed by atoms with Gasteiger partial charge in [0.2, 0.25) is 0 Å². The molecule has 2 heteroatoms. The van der Waals surface area contributed by atoms with Crippen molar-refractivity contribution in [1.29, 1.82) is 0 Å². The summed E-state index contributed by atoms with van der Waals surface area (Å²) in [6.45, 7) is 0. The van der Waals surface area contributed by atoms with Crippen LogP contribution in [0.3, 0.4) is 0 Å². The first-order chi connectivity index (χ1) is 32.6. The van der Waals surface area contributed by atoms with Gasteiger partial charge in [-0.15, -0.1) is 0 Å². The van der Waals surface area contributed by atoms with Gasteiger partial charge in [0.15, 0.2) is 0 Å². The zero-order valence-corrected chi connectivity index (χ0v) is 39.3. The molecule has 0 nitrogen and oxygen atoms in total. The third-order valence-electron chi connectivity index (χ3n) is 13.5. The summed E-state index contributed by atoms with van der Waals surface area (Å²) >= 11 is 7.80. The van der Waals surface area contributed by atoms with Gasteiger partial charge < -0.3 is 0 Å². The van der Waals surface area contributed by atoms with E-state index in [1.807, 2.05) is 0 Å². The van der Waals surface area contributed by atoms with Crippen LogP contribution in [0.25, 0.3) is 43.8 Å². The predicted molar refractivity (Wildman–Crippen MR) is 284 cm³/mol. The van der Waals surface area contributed by atoms with E-state index in [1.165, 1.54) is 82.7 Å². The Hall–Kier alpha value is -7.10. The molecule has 11 rings (SSSR count). The van der Waals surface area contributed by atoms with Crippen LogP contribution in [0, 0.1) is 0 Å². The number of hydrogen-bond acceptors (Lipinski definition) is 0. The largest absolute Gasteiger partial charge is 0.0701 e. The normalized spacial score (nSPS) is 11.8. The molecule has 11 aromatic rings. The smallest absolute Gasteiger partial charge is 0.0622 e. The van der Waals surface area contributed by atoms with Crippen LogP contribution in [0.5, 0.6) is 0 Å². The Morgan fingerprint density at radius 1 is 0.212 bits per heavy atom. The van der Waals surface area contributed by atoms with E-state index in [0.717, 1.165) is 14.5 Å². The number of hydrogen-bond donors (Lipinski definition) is 0. The summed E-state index contributed by atoms with van der Waals surface area (Å²) in [6, 6.07) is 97.9. The monoisotopic (exact) mass is 970 g/mol. The summed E-state index contributed by atoms with van der Waals surface area (Å²) < 4.78 is 2.08. The lowest BCUT2D eigenvalue weighted by molar-refractivity contribution is 0.745. The van der Waals surface area contributed by atoms with E-state index in [-0.39, 0.29) is 0 Å². The first kappa shape index (κ1) is 41.6. The Labute approximate surface area is 404 Å². The van der Waals surface area contributed by atoms with Crippen LogP contribution in [0.2, 0.25) is 0 Å². The molecule has 0 radical (unpaired) electrons. The molecule has 0 atom stereocenters. The van der Waals surface area contributed by atoms with Crippen molar-refractivity contribution in [1.82, 2.24) is 0 Å². The van der Waals surface area contributed by atoms with E-state index in [0.29, 0.717) is 0 Å². The van der Waals surface area contributed by atoms with Crippen molar-refractivity contribution in [3.05, 3.63) is 320 Å². The first-order valence-electron chi connectivity index (χ1n) is 22.5. The minimum Gasteiger partial charge on any atom is -0.0622 e. The molecule has 0 fully saturated rings. The SMILES string of the molecule is Brc1ccc2c(-c3ccc(C(c4ccccc4)(c4ccccc4)c4ccccc4)cc3)c3ccc(Br)cc3c(-c3ccc(C(c4ccccc4)(c4ccccc4)c4ccccc4)cc3)c2c1. The van der Waals surface area contributed by atoms with Gasteiger partial charge in [-0.25, -0.2) is 0 Å². The molecule has 0 bridgehead atoms. The highest BCUT2D eigenvalue weighted by Gasteiger charge is 2.39. The third-order valence-corrected chi connectivity index (χ3v) is 14.5. The van der Waals surface area contributed by atoms with Crippen LogP contribution in [0.15, 0.2) is 276 Å². The molecule has 0 amide bonds. The maximum Gasteiger partial charge on any atom is 0.0701 e. The van der Waals surface area contributed by atoms with Crippen LogP contribution in [0.4, 0.5) is 0 Å². The molecule has 11 aromatic carbocycles. The highest BCUT2D eigenvalue weighted by molar-refractivity contribution is 9.10. The molecule has 0 aromatic heterocycles. The molecule has 0 unspecified atom stereocenters. The zero-order valence-electron chi connectivity index (χ0n) is 36.2. The van der Waals surface area contributed by atoms with E-state index in [9.17, 15) is 0 Å². The van der Waals surface area contributed by atoms with Gasteiger partial charge in [-0.2, -0.15) is 0 Å². The maximum atomic E-state index is 3.90. The van der Waals surface area contributed by atoms with Crippen LogP contribution in [-0.4, -0.2) is 0 Å². The average molecular weight is 973 g/mol. The fourth-order valence-corrected chi connectivity index (χ4v) is 11.4. The molecule has 0 saturated carbocycles. The molecule has 314 valence electrons. The van der Waals surface area contributed by atoms with Crippen molar-refractivity contribution < 1.29 is 0 Å². The van der Waals surface area contributed by atoms with Gasteiger partial charge in [-0.05, 0) is 113 Å². The standard InChI is InChI=1S/C64H44Br2/c65-55-39-41-57-59(43-55)62(46-33-37-54(38-34-46)64(50-25-13-4-14-26-50,51-27-15-5-16-28-51)52-29-17-6-18-30-52)60-44-56(66)40-42-58(60)61(57)45-31-35-53(36-32-45)63(47-19-7-1-8-20-47,48-21-9-2-10-22-48)49-23-11-3-12-24-49/h1-44H. The minimum atomic E-state index is -0.534. The highest BCUT2D eigenvalue weighted by atomic mass is 79.9. The Kier molecular flexibility index (Phi) is 11.2. The number of benzene rings is 11. The van der Waals surface area contributed by atoms with Gasteiger partial charge >= 0.3 is 0 Å². The van der Waals surface area contributed by atoms with Crippen LogP contribution in [-0.2, 0) is 10.8 Å². The van der Waals surface area contributed by atoms with E-state index in [4.69, 9.17) is 0 Å². The van der Waals surface area contributed by atoms with Gasteiger partial charge in [0.05, 0.1) is 10.8 Å². The van der Waals surface area contributed by atoms with E-state index < -0.39 is 10.8 Å². The Morgan fingerprint density at radius 2 is 0.439 bits per heavy atom. The van der Waals surface area contributed by atoms with Gasteiger partial charge in [0.1, 0.15) is 0 Å². The molecule has 0 aliphatic carbocycles. The third kappa shape index (κ3) is 7.04. The Bertz CT molecular complexity index is 3170. The second-order valence-electron chi connectivity index (χ2n) is 17.0. The lowest BCUT2D eigenvalue weighted by Gasteiger charge is -2.37.